The summed E-state index contributed by atoms with van der Waals surface area (Å²) in [5, 5.41) is 5.91. The molecule has 0 aliphatic rings. The van der Waals surface area contributed by atoms with E-state index >= 15 is 0 Å². The molecule has 0 amide bonds. The van der Waals surface area contributed by atoms with E-state index in [1.54, 1.807) is 63.4 Å². The molecular weight excluding hydrogens is 608 g/mol. The highest BCUT2D eigenvalue weighted by Gasteiger charge is 2.30. The Morgan fingerprint density at radius 2 is 1.73 bits per heavy atom. The zero-order valence-electron chi connectivity index (χ0n) is 21.9. The van der Waals surface area contributed by atoms with Crippen LogP contribution in [0.3, 0.4) is 0 Å². The third kappa shape index (κ3) is 6.04. The molecule has 5 aromatic rings. The van der Waals surface area contributed by atoms with Crippen molar-refractivity contribution in [1.82, 2.24) is 14.7 Å². The maximum atomic E-state index is 14.3. The third-order valence-electron chi connectivity index (χ3n) is 5.93. The fourth-order valence-electron chi connectivity index (χ4n) is 4.26. The Bertz CT molecular complexity index is 1810. The van der Waals surface area contributed by atoms with Crippen molar-refractivity contribution in [3.8, 4) is 22.6 Å². The topological polar surface area (TPSA) is 87.2 Å². The number of esters is 1. The molecule has 208 valence electrons. The first kappa shape index (κ1) is 28.9. The van der Waals surface area contributed by atoms with Crippen LogP contribution in [-0.4, -0.2) is 32.2 Å². The average Bonchev–Trinajstić information content (AvgIpc) is 3.51. The normalized spacial score (nSPS) is 11.9. The minimum Gasteiger partial charge on any atom is -0.457 e. The highest BCUT2D eigenvalue weighted by molar-refractivity contribution is 6.42. The zero-order chi connectivity index (χ0) is 29.5. The van der Waals surface area contributed by atoms with E-state index in [0.29, 0.717) is 16.1 Å². The standard InChI is InChI=1S/C30H21Cl4N3O4/c1-30(2,3)40-24(38)10-8-16-5-4-6-22-19(16)11-12-37(22)29(39)26-27(25-20(32)13-18(31)14-21(25)33)36-41-28(26)17-7-9-23(34)35-15-17/h4-15H,1-3H3/b10-8+. The molecule has 7 nitrogen and oxygen atoms in total. The SMILES string of the molecule is CC(C)(C)OC(=O)/C=C/c1cccc2c1ccn2C(=O)c1c(-c2c(Cl)cc(Cl)cc2Cl)noc1-c1ccc(Cl)nc1. The van der Waals surface area contributed by atoms with Gasteiger partial charge in [-0.25, -0.2) is 9.78 Å². The maximum absolute atomic E-state index is 14.3. The molecule has 0 unspecified atom stereocenters. The molecule has 0 saturated carbocycles. The summed E-state index contributed by atoms with van der Waals surface area (Å²) in [4.78, 5) is 30.6. The van der Waals surface area contributed by atoms with Gasteiger partial charge in [0.15, 0.2) is 5.76 Å². The fraction of sp³-hybridized carbons (Fsp3) is 0.133. The molecule has 0 spiro atoms. The van der Waals surface area contributed by atoms with Crippen LogP contribution in [-0.2, 0) is 9.53 Å². The number of carbonyl (C=O) groups excluding carboxylic acids is 2. The van der Waals surface area contributed by atoms with Gasteiger partial charge in [0.05, 0.1) is 15.6 Å². The number of hydrogen-bond acceptors (Lipinski definition) is 6. The zero-order valence-corrected chi connectivity index (χ0v) is 24.9. The molecule has 41 heavy (non-hydrogen) atoms. The van der Waals surface area contributed by atoms with Crippen molar-refractivity contribution in [2.75, 3.05) is 0 Å². The van der Waals surface area contributed by atoms with Gasteiger partial charge in [0, 0.05) is 40.0 Å². The molecule has 5 rings (SSSR count). The molecule has 0 bridgehead atoms. The Kier molecular flexibility index (Phi) is 7.99. The second-order valence-electron chi connectivity index (χ2n) is 9.99. The van der Waals surface area contributed by atoms with Crippen LogP contribution in [0, 0.1) is 0 Å². The van der Waals surface area contributed by atoms with Gasteiger partial charge >= 0.3 is 5.97 Å². The predicted molar refractivity (Wildman–Crippen MR) is 162 cm³/mol. The number of rotatable bonds is 5. The number of halogens is 4. The summed E-state index contributed by atoms with van der Waals surface area (Å²) in [6.07, 6.45) is 6.10. The van der Waals surface area contributed by atoms with Gasteiger partial charge in [-0.3, -0.25) is 9.36 Å². The summed E-state index contributed by atoms with van der Waals surface area (Å²) in [6.45, 7) is 5.38. The van der Waals surface area contributed by atoms with Crippen LogP contribution >= 0.6 is 46.4 Å². The van der Waals surface area contributed by atoms with Crippen LogP contribution in [0.2, 0.25) is 20.2 Å². The maximum Gasteiger partial charge on any atom is 0.331 e. The largest absolute Gasteiger partial charge is 0.457 e. The molecule has 0 aliphatic heterocycles. The molecule has 0 saturated heterocycles. The van der Waals surface area contributed by atoms with Crippen molar-refractivity contribution in [3.05, 3.63) is 98.3 Å². The number of fused-ring (bicyclic) bond motifs is 1. The Labute approximate surface area is 255 Å². The molecule has 0 atom stereocenters. The summed E-state index contributed by atoms with van der Waals surface area (Å²) in [6, 6.07) is 13.4. The molecule has 3 aromatic heterocycles. The van der Waals surface area contributed by atoms with Crippen LogP contribution in [0.15, 0.2) is 71.5 Å². The number of aromatic nitrogens is 3. The van der Waals surface area contributed by atoms with E-state index in [2.05, 4.69) is 10.1 Å². The third-order valence-corrected chi connectivity index (χ3v) is 6.97. The van der Waals surface area contributed by atoms with Crippen molar-refractivity contribution in [1.29, 1.82) is 0 Å². The molecular formula is C30H21Cl4N3O4. The summed E-state index contributed by atoms with van der Waals surface area (Å²) in [5.74, 6) is -0.785. The predicted octanol–water partition coefficient (Wildman–Crippen LogP) is 9.02. The monoisotopic (exact) mass is 627 g/mol. The number of pyridine rings is 1. The number of carbonyl (C=O) groups is 2. The van der Waals surface area contributed by atoms with Crippen molar-refractivity contribution >= 4 is 75.3 Å². The second kappa shape index (κ2) is 11.3. The number of ether oxygens (including phenoxy) is 1. The Morgan fingerprint density at radius 3 is 2.39 bits per heavy atom. The van der Waals surface area contributed by atoms with Gasteiger partial charge in [0.25, 0.3) is 5.91 Å². The molecule has 11 heteroatoms. The van der Waals surface area contributed by atoms with Gasteiger partial charge in [0.2, 0.25) is 0 Å². The first-order chi connectivity index (χ1) is 19.4. The lowest BCUT2D eigenvalue weighted by Gasteiger charge is -2.17. The van der Waals surface area contributed by atoms with E-state index in [9.17, 15) is 9.59 Å². The van der Waals surface area contributed by atoms with Crippen molar-refractivity contribution in [2.24, 2.45) is 0 Å². The van der Waals surface area contributed by atoms with Gasteiger partial charge in [-0.05, 0) is 68.8 Å². The van der Waals surface area contributed by atoms with Crippen LogP contribution in [0.4, 0.5) is 0 Å². The molecule has 3 heterocycles. The van der Waals surface area contributed by atoms with E-state index in [4.69, 9.17) is 55.7 Å². The lowest BCUT2D eigenvalue weighted by Crippen LogP contribution is -2.22. The number of benzene rings is 2. The van der Waals surface area contributed by atoms with Gasteiger partial charge in [0.1, 0.15) is 22.0 Å². The Morgan fingerprint density at radius 1 is 1.00 bits per heavy atom. The van der Waals surface area contributed by atoms with Crippen LogP contribution in [0.25, 0.3) is 39.6 Å². The van der Waals surface area contributed by atoms with E-state index in [1.165, 1.54) is 29.0 Å². The van der Waals surface area contributed by atoms with Crippen molar-refractivity contribution in [2.45, 2.75) is 26.4 Å². The van der Waals surface area contributed by atoms with E-state index in [0.717, 1.165) is 10.9 Å². The molecule has 2 aromatic carbocycles. The van der Waals surface area contributed by atoms with Crippen LogP contribution in [0.5, 0.6) is 0 Å². The summed E-state index contributed by atoms with van der Waals surface area (Å²) < 4.78 is 12.5. The summed E-state index contributed by atoms with van der Waals surface area (Å²) in [5.41, 5.74) is 1.68. The first-order valence-electron chi connectivity index (χ1n) is 12.3. The summed E-state index contributed by atoms with van der Waals surface area (Å²) in [7, 11) is 0. The van der Waals surface area contributed by atoms with Crippen molar-refractivity contribution < 1.29 is 18.8 Å². The van der Waals surface area contributed by atoms with Crippen LogP contribution < -0.4 is 0 Å². The van der Waals surface area contributed by atoms with E-state index in [-0.39, 0.29) is 37.8 Å². The van der Waals surface area contributed by atoms with Crippen molar-refractivity contribution in [3.63, 3.8) is 0 Å². The Hall–Kier alpha value is -3.62. The highest BCUT2D eigenvalue weighted by atomic mass is 35.5. The molecule has 0 aliphatic carbocycles. The van der Waals surface area contributed by atoms with Crippen LogP contribution in [0.1, 0.15) is 36.7 Å². The number of hydrogen-bond donors (Lipinski definition) is 0. The van der Waals surface area contributed by atoms with Gasteiger partial charge in [-0.15, -0.1) is 0 Å². The lowest BCUT2D eigenvalue weighted by molar-refractivity contribution is -0.148. The molecule has 0 radical (unpaired) electrons. The quantitative estimate of drug-likeness (QED) is 0.110. The minimum absolute atomic E-state index is 0.104. The van der Waals surface area contributed by atoms with Gasteiger partial charge in [-0.2, -0.15) is 0 Å². The fourth-order valence-corrected chi connectivity index (χ4v) is 5.37. The molecule has 0 fully saturated rings. The van der Waals surface area contributed by atoms with Gasteiger partial charge < -0.3 is 9.26 Å². The first-order valence-corrected chi connectivity index (χ1v) is 13.8. The van der Waals surface area contributed by atoms with E-state index < -0.39 is 17.5 Å². The molecule has 0 N–H and O–H groups in total. The highest BCUT2D eigenvalue weighted by Crippen LogP contribution is 2.41. The van der Waals surface area contributed by atoms with Gasteiger partial charge in [-0.1, -0.05) is 63.7 Å². The minimum atomic E-state index is -0.618. The number of nitrogens with zero attached hydrogens (tertiary/aromatic N) is 3. The summed E-state index contributed by atoms with van der Waals surface area (Å²) >= 11 is 25.2. The smallest absolute Gasteiger partial charge is 0.331 e. The second-order valence-corrected chi connectivity index (χ2v) is 11.6. The Balaban J connectivity index is 1.64. The lowest BCUT2D eigenvalue weighted by atomic mass is 10.0. The average molecular weight is 629 g/mol. The van der Waals surface area contributed by atoms with E-state index in [1.807, 2.05) is 6.07 Å².